The lowest BCUT2D eigenvalue weighted by Gasteiger charge is -2.27. The molecule has 1 heterocycles. The molecule has 0 aliphatic rings. The summed E-state index contributed by atoms with van der Waals surface area (Å²) in [5.74, 6) is 0.0228. The first-order valence-corrected chi connectivity index (χ1v) is 6.84. The summed E-state index contributed by atoms with van der Waals surface area (Å²) in [5.41, 5.74) is 0.776. The van der Waals surface area contributed by atoms with Crippen molar-refractivity contribution in [1.29, 1.82) is 0 Å². The third-order valence-corrected chi connectivity index (χ3v) is 3.37. The van der Waals surface area contributed by atoms with Crippen LogP contribution in [0.5, 0.6) is 0 Å². The second kappa shape index (κ2) is 6.66. The van der Waals surface area contributed by atoms with Crippen molar-refractivity contribution in [2.75, 3.05) is 0 Å². The van der Waals surface area contributed by atoms with Crippen molar-refractivity contribution < 1.29 is 4.79 Å². The van der Waals surface area contributed by atoms with E-state index in [1.807, 2.05) is 45.9 Å². The third-order valence-electron chi connectivity index (χ3n) is 3.37. The van der Waals surface area contributed by atoms with E-state index < -0.39 is 0 Å². The Morgan fingerprint density at radius 3 is 2.58 bits per heavy atom. The molecule has 0 bridgehead atoms. The van der Waals surface area contributed by atoms with E-state index >= 15 is 0 Å². The normalized spacial score (nSPS) is 14.8. The SMILES string of the molecule is CCC(C)(C)NC(=O)C(C)N[C@H](C)c1ccccn1. The molecular weight excluding hydrogens is 238 g/mol. The Bertz CT molecular complexity index is 403. The Hall–Kier alpha value is -1.42. The topological polar surface area (TPSA) is 54.0 Å². The van der Waals surface area contributed by atoms with Crippen LogP contribution in [0.15, 0.2) is 24.4 Å². The van der Waals surface area contributed by atoms with Crippen molar-refractivity contribution in [3.63, 3.8) is 0 Å². The molecule has 0 radical (unpaired) electrons. The molecule has 0 saturated heterocycles. The standard InChI is InChI=1S/C15H25N3O/c1-6-15(4,5)18-14(19)12(3)17-11(2)13-9-7-8-10-16-13/h7-12,17H,6H2,1-5H3,(H,18,19)/t11-,12?/m1/s1. The third kappa shape index (κ3) is 4.99. The van der Waals surface area contributed by atoms with Crippen molar-refractivity contribution in [3.05, 3.63) is 30.1 Å². The minimum absolute atomic E-state index is 0.0228. The molecule has 0 saturated carbocycles. The first-order valence-electron chi connectivity index (χ1n) is 6.84. The summed E-state index contributed by atoms with van der Waals surface area (Å²) < 4.78 is 0. The zero-order valence-corrected chi connectivity index (χ0v) is 12.5. The number of carbonyl (C=O) groups excluding carboxylic acids is 1. The first kappa shape index (κ1) is 15.6. The van der Waals surface area contributed by atoms with Crippen LogP contribution < -0.4 is 10.6 Å². The Kier molecular flexibility index (Phi) is 5.48. The van der Waals surface area contributed by atoms with Gasteiger partial charge in [0.2, 0.25) is 5.91 Å². The van der Waals surface area contributed by atoms with Crippen molar-refractivity contribution >= 4 is 5.91 Å². The Balaban J connectivity index is 2.55. The van der Waals surface area contributed by atoms with Gasteiger partial charge in [-0.2, -0.15) is 0 Å². The summed E-state index contributed by atoms with van der Waals surface area (Å²) in [6.45, 7) is 10.0. The molecule has 2 N–H and O–H groups in total. The van der Waals surface area contributed by atoms with E-state index in [1.54, 1.807) is 6.20 Å². The number of rotatable bonds is 6. The number of hydrogen-bond donors (Lipinski definition) is 2. The molecule has 1 amide bonds. The number of hydrogen-bond acceptors (Lipinski definition) is 3. The van der Waals surface area contributed by atoms with Gasteiger partial charge in [0.05, 0.1) is 11.7 Å². The average molecular weight is 263 g/mol. The van der Waals surface area contributed by atoms with Crippen molar-refractivity contribution in [2.24, 2.45) is 0 Å². The monoisotopic (exact) mass is 263 g/mol. The molecule has 4 heteroatoms. The van der Waals surface area contributed by atoms with Gasteiger partial charge in [-0.3, -0.25) is 15.1 Å². The molecule has 106 valence electrons. The molecule has 2 atom stereocenters. The zero-order chi connectivity index (χ0) is 14.5. The highest BCUT2D eigenvalue weighted by Crippen LogP contribution is 2.10. The van der Waals surface area contributed by atoms with E-state index in [4.69, 9.17) is 0 Å². The second-order valence-electron chi connectivity index (χ2n) is 5.59. The van der Waals surface area contributed by atoms with Gasteiger partial charge in [-0.05, 0) is 46.2 Å². The lowest BCUT2D eigenvalue weighted by atomic mass is 10.0. The van der Waals surface area contributed by atoms with Crippen LogP contribution in [-0.2, 0) is 4.79 Å². The van der Waals surface area contributed by atoms with Gasteiger partial charge in [0.15, 0.2) is 0 Å². The molecule has 0 aliphatic heterocycles. The summed E-state index contributed by atoms with van der Waals surface area (Å²) in [6.07, 6.45) is 2.67. The van der Waals surface area contributed by atoms with E-state index in [-0.39, 0.29) is 23.5 Å². The number of pyridine rings is 1. The number of nitrogens with zero attached hydrogens (tertiary/aromatic N) is 1. The minimum Gasteiger partial charge on any atom is -0.350 e. The quantitative estimate of drug-likeness (QED) is 0.829. The van der Waals surface area contributed by atoms with Crippen LogP contribution in [0.25, 0.3) is 0 Å². The van der Waals surface area contributed by atoms with Crippen molar-refractivity contribution in [1.82, 2.24) is 15.6 Å². The largest absolute Gasteiger partial charge is 0.350 e. The smallest absolute Gasteiger partial charge is 0.237 e. The van der Waals surface area contributed by atoms with Crippen LogP contribution in [0.2, 0.25) is 0 Å². The molecule has 1 aromatic rings. The first-order chi connectivity index (χ1) is 8.85. The highest BCUT2D eigenvalue weighted by Gasteiger charge is 2.23. The van der Waals surface area contributed by atoms with Crippen LogP contribution in [0.3, 0.4) is 0 Å². The number of aromatic nitrogens is 1. The van der Waals surface area contributed by atoms with Crippen LogP contribution >= 0.6 is 0 Å². The predicted octanol–water partition coefficient (Wildman–Crippen LogP) is 2.43. The molecule has 0 aromatic carbocycles. The van der Waals surface area contributed by atoms with Gasteiger partial charge < -0.3 is 5.32 Å². The van der Waals surface area contributed by atoms with Gasteiger partial charge in [0.1, 0.15) is 0 Å². The predicted molar refractivity (Wildman–Crippen MR) is 77.8 cm³/mol. The summed E-state index contributed by atoms with van der Waals surface area (Å²) in [4.78, 5) is 16.4. The Morgan fingerprint density at radius 2 is 2.05 bits per heavy atom. The van der Waals surface area contributed by atoms with E-state index in [0.29, 0.717) is 0 Å². The van der Waals surface area contributed by atoms with E-state index in [1.165, 1.54) is 0 Å². The number of carbonyl (C=O) groups is 1. The molecular formula is C15H25N3O. The maximum Gasteiger partial charge on any atom is 0.237 e. The van der Waals surface area contributed by atoms with Gasteiger partial charge in [0, 0.05) is 17.8 Å². The van der Waals surface area contributed by atoms with Crippen LogP contribution in [-0.4, -0.2) is 22.5 Å². The molecule has 0 fully saturated rings. The number of amides is 1. The van der Waals surface area contributed by atoms with Crippen LogP contribution in [0.4, 0.5) is 0 Å². The molecule has 0 aliphatic carbocycles. The molecule has 4 nitrogen and oxygen atoms in total. The second-order valence-corrected chi connectivity index (χ2v) is 5.59. The maximum absolute atomic E-state index is 12.1. The van der Waals surface area contributed by atoms with Crippen LogP contribution in [0.1, 0.15) is 52.8 Å². The van der Waals surface area contributed by atoms with Gasteiger partial charge in [0.25, 0.3) is 0 Å². The lowest BCUT2D eigenvalue weighted by Crippen LogP contribution is -2.51. The van der Waals surface area contributed by atoms with E-state index in [0.717, 1.165) is 12.1 Å². The van der Waals surface area contributed by atoms with Crippen LogP contribution in [0, 0.1) is 0 Å². The highest BCUT2D eigenvalue weighted by atomic mass is 16.2. The molecule has 1 aromatic heterocycles. The van der Waals surface area contributed by atoms with Gasteiger partial charge in [-0.25, -0.2) is 0 Å². The highest BCUT2D eigenvalue weighted by molar-refractivity contribution is 5.82. The van der Waals surface area contributed by atoms with Gasteiger partial charge in [-0.15, -0.1) is 0 Å². The fourth-order valence-corrected chi connectivity index (χ4v) is 1.70. The number of nitrogens with one attached hydrogen (secondary N) is 2. The molecule has 19 heavy (non-hydrogen) atoms. The fraction of sp³-hybridized carbons (Fsp3) is 0.600. The van der Waals surface area contributed by atoms with Gasteiger partial charge >= 0.3 is 0 Å². The summed E-state index contributed by atoms with van der Waals surface area (Å²) >= 11 is 0. The van der Waals surface area contributed by atoms with E-state index in [9.17, 15) is 4.79 Å². The Labute approximate surface area is 116 Å². The molecule has 0 spiro atoms. The lowest BCUT2D eigenvalue weighted by molar-refractivity contribution is -0.124. The summed E-state index contributed by atoms with van der Waals surface area (Å²) in [7, 11) is 0. The zero-order valence-electron chi connectivity index (χ0n) is 12.5. The molecule has 1 unspecified atom stereocenters. The minimum atomic E-state index is -0.247. The van der Waals surface area contributed by atoms with Gasteiger partial charge in [-0.1, -0.05) is 13.0 Å². The average Bonchev–Trinajstić information content (AvgIpc) is 2.39. The Morgan fingerprint density at radius 1 is 1.37 bits per heavy atom. The fourth-order valence-electron chi connectivity index (χ4n) is 1.70. The van der Waals surface area contributed by atoms with Crippen molar-refractivity contribution in [3.8, 4) is 0 Å². The van der Waals surface area contributed by atoms with E-state index in [2.05, 4.69) is 22.5 Å². The van der Waals surface area contributed by atoms with Crippen molar-refractivity contribution in [2.45, 2.75) is 58.7 Å². The summed E-state index contributed by atoms with van der Waals surface area (Å²) in [5, 5.41) is 6.31. The maximum atomic E-state index is 12.1. The molecule has 1 rings (SSSR count). The summed E-state index contributed by atoms with van der Waals surface area (Å²) in [6, 6.07) is 5.59.